The molecule has 1 saturated heterocycles. The van der Waals surface area contributed by atoms with Gasteiger partial charge in [0, 0.05) is 42.4 Å². The molecule has 0 saturated carbocycles. The quantitative estimate of drug-likeness (QED) is 0.411. The van der Waals surface area contributed by atoms with Crippen LogP contribution in [0.25, 0.3) is 32.5 Å². The second-order valence-corrected chi connectivity index (χ2v) is 9.32. The molecule has 10 heteroatoms. The highest BCUT2D eigenvalue weighted by atomic mass is 32.1. The number of H-pyrrole nitrogens is 1. The van der Waals surface area contributed by atoms with Crippen LogP contribution in [0.3, 0.4) is 0 Å². The van der Waals surface area contributed by atoms with Gasteiger partial charge in [0.1, 0.15) is 23.9 Å². The summed E-state index contributed by atoms with van der Waals surface area (Å²) in [4.78, 5) is 18.8. The van der Waals surface area contributed by atoms with Crippen molar-refractivity contribution in [1.82, 2.24) is 29.7 Å². The van der Waals surface area contributed by atoms with Crippen molar-refractivity contribution in [3.05, 3.63) is 54.1 Å². The molecule has 5 aromatic rings. The Hall–Kier alpha value is -4.28. The fraction of sp³-hybridized carbons (Fsp3) is 0.250. The van der Waals surface area contributed by atoms with Crippen molar-refractivity contribution < 1.29 is 0 Å². The summed E-state index contributed by atoms with van der Waals surface area (Å²) in [6.45, 7) is 1.50. The smallest absolute Gasteiger partial charge is 0.147 e. The van der Waals surface area contributed by atoms with Gasteiger partial charge in [0.25, 0.3) is 0 Å². The van der Waals surface area contributed by atoms with Crippen molar-refractivity contribution in [3.8, 4) is 23.4 Å². The lowest BCUT2D eigenvalue weighted by molar-refractivity contribution is 0.332. The molecular formula is C24H19N9S. The van der Waals surface area contributed by atoms with Crippen LogP contribution in [0.4, 0.5) is 5.82 Å². The maximum absolute atomic E-state index is 9.70. The number of anilines is 1. The number of hydrogen-bond donors (Lipinski definition) is 1. The molecule has 1 aliphatic heterocycles. The topological polar surface area (TPSA) is 123 Å². The van der Waals surface area contributed by atoms with Gasteiger partial charge in [-0.2, -0.15) is 15.6 Å². The molecule has 6 heterocycles. The Labute approximate surface area is 198 Å². The summed E-state index contributed by atoms with van der Waals surface area (Å²) >= 11 is 1.59. The van der Waals surface area contributed by atoms with E-state index in [1.165, 1.54) is 6.33 Å². The monoisotopic (exact) mass is 465 g/mol. The van der Waals surface area contributed by atoms with Crippen molar-refractivity contribution in [3.63, 3.8) is 0 Å². The third kappa shape index (κ3) is 3.36. The molecule has 166 valence electrons. The number of thiophene rings is 1. The lowest BCUT2D eigenvalue weighted by atomic mass is 9.96. The number of nitrogens with one attached hydrogen (secondary N) is 1. The minimum absolute atomic E-state index is 0.0808. The molecule has 1 aliphatic rings. The normalized spacial score (nSPS) is 16.6. The van der Waals surface area contributed by atoms with Crippen LogP contribution in [-0.2, 0) is 0 Å². The first kappa shape index (κ1) is 20.3. The average Bonchev–Trinajstić information content (AvgIpc) is 3.67. The summed E-state index contributed by atoms with van der Waals surface area (Å²) in [5.74, 6) is 0.931. The number of aromatic nitrogens is 6. The molecule has 0 radical (unpaired) electrons. The zero-order valence-corrected chi connectivity index (χ0v) is 18.9. The van der Waals surface area contributed by atoms with Crippen molar-refractivity contribution in [2.75, 3.05) is 18.0 Å². The first-order valence-corrected chi connectivity index (χ1v) is 11.9. The van der Waals surface area contributed by atoms with Gasteiger partial charge in [0.2, 0.25) is 0 Å². The standard InChI is InChI=1S/C24H19N9S/c25-5-1-20(33-13-17(11-30-33)22-18-2-6-27-23(18)29-14-28-22)15-3-7-32(12-15)24-16(10-26)9-21-19(31-24)4-8-34-21/h2,4,6,8-9,11,13-15,20H,1,3,7,12H2,(H,27,28,29). The molecule has 34 heavy (non-hydrogen) atoms. The highest BCUT2D eigenvalue weighted by Crippen LogP contribution is 2.36. The molecule has 1 fully saturated rings. The van der Waals surface area contributed by atoms with Gasteiger partial charge in [-0.25, -0.2) is 15.0 Å². The van der Waals surface area contributed by atoms with Crippen LogP contribution in [0.2, 0.25) is 0 Å². The second kappa shape index (κ2) is 8.25. The third-order valence-corrected chi connectivity index (χ3v) is 7.33. The van der Waals surface area contributed by atoms with Crippen LogP contribution in [0, 0.1) is 28.6 Å². The first-order chi connectivity index (χ1) is 16.7. The Morgan fingerprint density at radius 1 is 1.26 bits per heavy atom. The van der Waals surface area contributed by atoms with Crippen LogP contribution in [0.1, 0.15) is 24.4 Å². The molecular weight excluding hydrogens is 446 g/mol. The van der Waals surface area contributed by atoms with E-state index in [1.807, 2.05) is 40.7 Å². The van der Waals surface area contributed by atoms with E-state index in [1.54, 1.807) is 17.5 Å². The van der Waals surface area contributed by atoms with Gasteiger partial charge in [-0.15, -0.1) is 11.3 Å². The van der Waals surface area contributed by atoms with Gasteiger partial charge < -0.3 is 9.88 Å². The highest BCUT2D eigenvalue weighted by Gasteiger charge is 2.33. The SMILES string of the molecule is N#CCC(C1CCN(c2nc3ccsc3cc2C#N)C1)n1cc(-c2ncnc3[nH]ccc23)cn1. The lowest BCUT2D eigenvalue weighted by Crippen LogP contribution is -2.26. The molecule has 6 rings (SSSR count). The molecule has 0 spiro atoms. The number of nitriles is 2. The van der Waals surface area contributed by atoms with Crippen LogP contribution in [0.15, 0.2) is 48.5 Å². The number of nitrogens with zero attached hydrogens (tertiary/aromatic N) is 8. The average molecular weight is 466 g/mol. The van der Waals surface area contributed by atoms with Gasteiger partial charge in [0.15, 0.2) is 0 Å². The van der Waals surface area contributed by atoms with E-state index in [-0.39, 0.29) is 12.0 Å². The van der Waals surface area contributed by atoms with E-state index in [0.717, 1.165) is 51.3 Å². The number of aromatic amines is 1. The van der Waals surface area contributed by atoms with Gasteiger partial charge in [0.05, 0.1) is 46.2 Å². The molecule has 9 nitrogen and oxygen atoms in total. The van der Waals surface area contributed by atoms with E-state index in [9.17, 15) is 10.5 Å². The third-order valence-electron chi connectivity index (χ3n) is 6.47. The summed E-state index contributed by atoms with van der Waals surface area (Å²) < 4.78 is 2.91. The minimum Gasteiger partial charge on any atom is -0.355 e. The summed E-state index contributed by atoms with van der Waals surface area (Å²) in [5.41, 5.74) is 3.98. The summed E-state index contributed by atoms with van der Waals surface area (Å²) in [5, 5.41) is 26.8. The van der Waals surface area contributed by atoms with Gasteiger partial charge >= 0.3 is 0 Å². The fourth-order valence-electron chi connectivity index (χ4n) is 4.82. The minimum atomic E-state index is -0.0808. The van der Waals surface area contributed by atoms with E-state index < -0.39 is 0 Å². The predicted octanol–water partition coefficient (Wildman–Crippen LogP) is 4.28. The van der Waals surface area contributed by atoms with Crippen molar-refractivity contribution in [1.29, 1.82) is 10.5 Å². The molecule has 0 amide bonds. The maximum atomic E-state index is 9.70. The molecule has 5 aromatic heterocycles. The van der Waals surface area contributed by atoms with Crippen molar-refractivity contribution in [2.24, 2.45) is 5.92 Å². The van der Waals surface area contributed by atoms with Crippen LogP contribution >= 0.6 is 11.3 Å². The van der Waals surface area contributed by atoms with E-state index in [4.69, 9.17) is 4.98 Å². The number of hydrogen-bond acceptors (Lipinski definition) is 8. The van der Waals surface area contributed by atoms with E-state index in [2.05, 4.69) is 37.1 Å². The predicted molar refractivity (Wildman–Crippen MR) is 129 cm³/mol. The summed E-state index contributed by atoms with van der Waals surface area (Å²) in [6, 6.07) is 10.4. The first-order valence-electron chi connectivity index (χ1n) is 11.0. The van der Waals surface area contributed by atoms with Gasteiger partial charge in [-0.1, -0.05) is 0 Å². The van der Waals surface area contributed by atoms with Crippen molar-refractivity contribution in [2.45, 2.75) is 18.9 Å². The summed E-state index contributed by atoms with van der Waals surface area (Å²) in [7, 11) is 0. The molecule has 2 atom stereocenters. The zero-order valence-electron chi connectivity index (χ0n) is 18.1. The van der Waals surface area contributed by atoms with Crippen LogP contribution in [0.5, 0.6) is 0 Å². The highest BCUT2D eigenvalue weighted by molar-refractivity contribution is 7.17. The Morgan fingerprint density at radius 3 is 3.09 bits per heavy atom. The molecule has 0 bridgehead atoms. The number of fused-ring (bicyclic) bond motifs is 2. The molecule has 0 aromatic carbocycles. The second-order valence-electron chi connectivity index (χ2n) is 8.37. The van der Waals surface area contributed by atoms with Crippen LogP contribution in [-0.4, -0.2) is 42.8 Å². The maximum Gasteiger partial charge on any atom is 0.147 e. The summed E-state index contributed by atoms with van der Waals surface area (Å²) in [6.07, 6.45) is 8.39. The Balaban J connectivity index is 1.29. The van der Waals surface area contributed by atoms with Gasteiger partial charge in [-0.05, 0) is 30.0 Å². The van der Waals surface area contributed by atoms with E-state index in [0.29, 0.717) is 18.5 Å². The van der Waals surface area contributed by atoms with Crippen LogP contribution < -0.4 is 4.90 Å². The van der Waals surface area contributed by atoms with Gasteiger partial charge in [-0.3, -0.25) is 4.68 Å². The Kier molecular flexibility index (Phi) is 4.93. The largest absolute Gasteiger partial charge is 0.355 e. The Bertz CT molecular complexity index is 1580. The fourth-order valence-corrected chi connectivity index (χ4v) is 5.58. The molecule has 0 aliphatic carbocycles. The number of pyridine rings is 1. The molecule has 2 unspecified atom stereocenters. The van der Waals surface area contributed by atoms with E-state index >= 15 is 0 Å². The lowest BCUT2D eigenvalue weighted by Gasteiger charge is -2.23. The number of rotatable bonds is 5. The van der Waals surface area contributed by atoms with Crippen molar-refractivity contribution >= 4 is 38.4 Å². The Morgan fingerprint density at radius 2 is 2.21 bits per heavy atom. The molecule has 1 N–H and O–H groups in total. The zero-order chi connectivity index (χ0) is 23.1.